The molecule has 0 heterocycles. The standard InChI is InChI=1S/C14H18N2O4/c1-9-2-4-10(5-3-9)6-7-13(18)16-11(14(19)20)8-12(15)17/h2-5,11H,6-8H2,1H3,(H2,15,17)(H,16,18)(H,19,20). The van der Waals surface area contributed by atoms with E-state index in [4.69, 9.17) is 10.8 Å². The van der Waals surface area contributed by atoms with E-state index < -0.39 is 30.2 Å². The molecule has 4 N–H and O–H groups in total. The molecule has 0 aliphatic carbocycles. The second-order valence-electron chi connectivity index (χ2n) is 4.61. The van der Waals surface area contributed by atoms with Crippen LogP contribution in [0.25, 0.3) is 0 Å². The lowest BCUT2D eigenvalue weighted by molar-refractivity contribution is -0.143. The molecule has 0 saturated carbocycles. The molecule has 0 spiro atoms. The number of amides is 2. The molecule has 108 valence electrons. The van der Waals surface area contributed by atoms with Crippen molar-refractivity contribution in [3.63, 3.8) is 0 Å². The van der Waals surface area contributed by atoms with Crippen molar-refractivity contribution in [2.45, 2.75) is 32.2 Å². The van der Waals surface area contributed by atoms with Gasteiger partial charge < -0.3 is 16.2 Å². The minimum Gasteiger partial charge on any atom is -0.480 e. The monoisotopic (exact) mass is 278 g/mol. The topological polar surface area (TPSA) is 109 Å². The van der Waals surface area contributed by atoms with Crippen LogP contribution < -0.4 is 11.1 Å². The normalized spacial score (nSPS) is 11.7. The predicted octanol–water partition coefficient (Wildman–Crippen LogP) is 0.372. The molecule has 0 saturated heterocycles. The van der Waals surface area contributed by atoms with Crippen molar-refractivity contribution in [2.75, 3.05) is 0 Å². The Bertz CT molecular complexity index is 496. The Labute approximate surface area is 117 Å². The van der Waals surface area contributed by atoms with Crippen LogP contribution in [-0.4, -0.2) is 28.9 Å². The number of nitrogens with two attached hydrogens (primary N) is 1. The lowest BCUT2D eigenvalue weighted by Crippen LogP contribution is -2.43. The maximum atomic E-state index is 11.7. The number of primary amides is 1. The van der Waals surface area contributed by atoms with E-state index in [1.807, 2.05) is 31.2 Å². The summed E-state index contributed by atoms with van der Waals surface area (Å²) in [5.41, 5.74) is 7.06. The van der Waals surface area contributed by atoms with Gasteiger partial charge in [-0.25, -0.2) is 4.79 Å². The van der Waals surface area contributed by atoms with Gasteiger partial charge in [0, 0.05) is 6.42 Å². The molecule has 0 aliphatic rings. The number of aliphatic carboxylic acids is 1. The van der Waals surface area contributed by atoms with Crippen LogP contribution in [0.3, 0.4) is 0 Å². The van der Waals surface area contributed by atoms with E-state index in [0.29, 0.717) is 6.42 Å². The van der Waals surface area contributed by atoms with Gasteiger partial charge in [-0.3, -0.25) is 9.59 Å². The number of rotatable bonds is 7. The van der Waals surface area contributed by atoms with Gasteiger partial charge in [-0.15, -0.1) is 0 Å². The Morgan fingerprint density at radius 2 is 1.85 bits per heavy atom. The summed E-state index contributed by atoms with van der Waals surface area (Å²) in [4.78, 5) is 33.2. The predicted molar refractivity (Wildman–Crippen MR) is 72.9 cm³/mol. The molecule has 0 bridgehead atoms. The van der Waals surface area contributed by atoms with E-state index in [1.165, 1.54) is 0 Å². The molecule has 1 rings (SSSR count). The molecule has 1 unspecified atom stereocenters. The number of nitrogens with one attached hydrogen (secondary N) is 1. The molecule has 0 aromatic heterocycles. The molecule has 2 amide bonds. The van der Waals surface area contributed by atoms with Crippen LogP contribution in [0.15, 0.2) is 24.3 Å². The largest absolute Gasteiger partial charge is 0.480 e. The van der Waals surface area contributed by atoms with Crippen molar-refractivity contribution in [1.29, 1.82) is 0 Å². The number of hydrogen-bond acceptors (Lipinski definition) is 3. The smallest absolute Gasteiger partial charge is 0.326 e. The average molecular weight is 278 g/mol. The first-order valence-corrected chi connectivity index (χ1v) is 6.24. The average Bonchev–Trinajstić information content (AvgIpc) is 2.36. The third-order valence-electron chi connectivity index (χ3n) is 2.80. The summed E-state index contributed by atoms with van der Waals surface area (Å²) in [5.74, 6) is -2.46. The quantitative estimate of drug-likeness (QED) is 0.669. The lowest BCUT2D eigenvalue weighted by atomic mass is 10.1. The van der Waals surface area contributed by atoms with E-state index in [9.17, 15) is 14.4 Å². The SMILES string of the molecule is Cc1ccc(CCC(=O)NC(CC(N)=O)C(=O)O)cc1. The Kier molecular flexibility index (Phi) is 5.71. The van der Waals surface area contributed by atoms with Gasteiger partial charge in [-0.1, -0.05) is 29.8 Å². The van der Waals surface area contributed by atoms with Crippen LogP contribution in [-0.2, 0) is 20.8 Å². The number of carbonyl (C=O) groups excluding carboxylic acids is 2. The highest BCUT2D eigenvalue weighted by Crippen LogP contribution is 2.06. The second-order valence-corrected chi connectivity index (χ2v) is 4.61. The first-order valence-electron chi connectivity index (χ1n) is 6.24. The van der Waals surface area contributed by atoms with Gasteiger partial charge in [0.25, 0.3) is 0 Å². The fourth-order valence-electron chi connectivity index (χ4n) is 1.68. The van der Waals surface area contributed by atoms with Gasteiger partial charge in [-0.05, 0) is 18.9 Å². The van der Waals surface area contributed by atoms with Crippen molar-refractivity contribution < 1.29 is 19.5 Å². The van der Waals surface area contributed by atoms with Crippen LogP contribution in [0.1, 0.15) is 24.0 Å². The molecule has 0 aliphatic heterocycles. The number of carboxylic acids is 1. The first kappa shape index (κ1) is 15.7. The number of carbonyl (C=O) groups is 3. The molecule has 1 aromatic carbocycles. The molecular weight excluding hydrogens is 260 g/mol. The Balaban J connectivity index is 2.47. The van der Waals surface area contributed by atoms with E-state index in [-0.39, 0.29) is 6.42 Å². The molecule has 0 radical (unpaired) electrons. The maximum Gasteiger partial charge on any atom is 0.326 e. The second kappa shape index (κ2) is 7.28. The molecular formula is C14H18N2O4. The van der Waals surface area contributed by atoms with Gasteiger partial charge in [0.15, 0.2) is 0 Å². The zero-order valence-electron chi connectivity index (χ0n) is 11.3. The minimum atomic E-state index is -1.27. The number of carboxylic acid groups (broad SMARTS) is 1. The number of hydrogen-bond donors (Lipinski definition) is 3. The molecule has 1 atom stereocenters. The molecule has 6 heteroatoms. The lowest BCUT2D eigenvalue weighted by Gasteiger charge is -2.12. The Hall–Kier alpha value is -2.37. The van der Waals surface area contributed by atoms with Crippen LogP contribution in [0.5, 0.6) is 0 Å². The maximum absolute atomic E-state index is 11.7. The van der Waals surface area contributed by atoms with E-state index in [0.717, 1.165) is 11.1 Å². The summed E-state index contributed by atoms with van der Waals surface area (Å²) in [7, 11) is 0. The zero-order valence-corrected chi connectivity index (χ0v) is 11.3. The van der Waals surface area contributed by atoms with Gasteiger partial charge in [0.2, 0.25) is 11.8 Å². The zero-order chi connectivity index (χ0) is 15.1. The van der Waals surface area contributed by atoms with Crippen molar-refractivity contribution in [2.24, 2.45) is 5.73 Å². The van der Waals surface area contributed by atoms with Gasteiger partial charge in [-0.2, -0.15) is 0 Å². The first-order chi connectivity index (χ1) is 9.38. The third-order valence-corrected chi connectivity index (χ3v) is 2.80. The van der Waals surface area contributed by atoms with E-state index in [1.54, 1.807) is 0 Å². The highest BCUT2D eigenvalue weighted by atomic mass is 16.4. The van der Waals surface area contributed by atoms with Crippen LogP contribution in [0, 0.1) is 6.92 Å². The molecule has 20 heavy (non-hydrogen) atoms. The van der Waals surface area contributed by atoms with Gasteiger partial charge in [0.05, 0.1) is 6.42 Å². The fraction of sp³-hybridized carbons (Fsp3) is 0.357. The van der Waals surface area contributed by atoms with Gasteiger partial charge >= 0.3 is 5.97 Å². The minimum absolute atomic E-state index is 0.158. The summed E-state index contributed by atoms with van der Waals surface area (Å²) in [6.07, 6.45) is 0.256. The Morgan fingerprint density at radius 3 is 2.35 bits per heavy atom. The highest BCUT2D eigenvalue weighted by molar-refractivity contribution is 5.88. The summed E-state index contributed by atoms with van der Waals surface area (Å²) < 4.78 is 0. The summed E-state index contributed by atoms with van der Waals surface area (Å²) in [6.45, 7) is 1.97. The van der Waals surface area contributed by atoms with E-state index >= 15 is 0 Å². The highest BCUT2D eigenvalue weighted by Gasteiger charge is 2.21. The van der Waals surface area contributed by atoms with Crippen LogP contribution in [0.4, 0.5) is 0 Å². The number of aryl methyl sites for hydroxylation is 2. The number of benzene rings is 1. The molecule has 1 aromatic rings. The molecule has 6 nitrogen and oxygen atoms in total. The summed E-state index contributed by atoms with van der Waals surface area (Å²) >= 11 is 0. The van der Waals surface area contributed by atoms with Crippen LogP contribution >= 0.6 is 0 Å². The van der Waals surface area contributed by atoms with Crippen molar-refractivity contribution in [1.82, 2.24) is 5.32 Å². The van der Waals surface area contributed by atoms with Crippen LogP contribution in [0.2, 0.25) is 0 Å². The van der Waals surface area contributed by atoms with Crippen molar-refractivity contribution in [3.05, 3.63) is 35.4 Å². The fourth-order valence-corrected chi connectivity index (χ4v) is 1.68. The van der Waals surface area contributed by atoms with Crippen molar-refractivity contribution >= 4 is 17.8 Å². The summed E-state index contributed by atoms with van der Waals surface area (Å²) in [5, 5.41) is 11.2. The van der Waals surface area contributed by atoms with E-state index in [2.05, 4.69) is 5.32 Å². The Morgan fingerprint density at radius 1 is 1.25 bits per heavy atom. The third kappa shape index (κ3) is 5.51. The molecule has 0 fully saturated rings. The van der Waals surface area contributed by atoms with Crippen molar-refractivity contribution in [3.8, 4) is 0 Å². The van der Waals surface area contributed by atoms with Gasteiger partial charge in [0.1, 0.15) is 6.04 Å². The summed E-state index contributed by atoms with van der Waals surface area (Å²) in [6, 6.07) is 6.46.